The number of hydrogen-bond acceptors (Lipinski definition) is 3. The van der Waals surface area contributed by atoms with Crippen LogP contribution < -0.4 is 10.6 Å². The van der Waals surface area contributed by atoms with E-state index in [4.69, 9.17) is 11.6 Å². The number of aromatic nitrogens is 3. The topological polar surface area (TPSA) is 71.8 Å². The molecule has 110 valence electrons. The van der Waals surface area contributed by atoms with Gasteiger partial charge in [-0.3, -0.25) is 0 Å². The molecule has 6 nitrogen and oxygen atoms in total. The zero-order chi connectivity index (χ0) is 14.7. The Morgan fingerprint density at radius 2 is 2.05 bits per heavy atom. The molecular weight excluding hydrogens is 290 g/mol. The Hall–Kier alpha value is -2.08. The van der Waals surface area contributed by atoms with Gasteiger partial charge in [0.05, 0.1) is 6.54 Å². The molecule has 0 spiro atoms. The lowest BCUT2D eigenvalue weighted by atomic mass is 10.2. The van der Waals surface area contributed by atoms with Crippen molar-refractivity contribution in [3.05, 3.63) is 40.9 Å². The fourth-order valence-corrected chi connectivity index (χ4v) is 2.49. The minimum Gasteiger partial charge on any atom is -0.331 e. The lowest BCUT2D eigenvalue weighted by Crippen LogP contribution is -2.29. The molecule has 0 radical (unpaired) electrons. The van der Waals surface area contributed by atoms with E-state index in [9.17, 15) is 4.79 Å². The summed E-state index contributed by atoms with van der Waals surface area (Å²) >= 11 is 5.80. The molecule has 0 aliphatic carbocycles. The van der Waals surface area contributed by atoms with Crippen LogP contribution in [0.4, 0.5) is 10.5 Å². The summed E-state index contributed by atoms with van der Waals surface area (Å²) in [7, 11) is 0. The Kier molecular flexibility index (Phi) is 4.06. The van der Waals surface area contributed by atoms with E-state index >= 15 is 0 Å². The van der Waals surface area contributed by atoms with E-state index in [1.54, 1.807) is 24.3 Å². The minimum atomic E-state index is -0.273. The first-order chi connectivity index (χ1) is 10.2. The number of nitrogens with zero attached hydrogens (tertiary/aromatic N) is 3. The van der Waals surface area contributed by atoms with Crippen LogP contribution in [0.5, 0.6) is 0 Å². The summed E-state index contributed by atoms with van der Waals surface area (Å²) in [6.45, 7) is 1.30. The van der Waals surface area contributed by atoms with Gasteiger partial charge >= 0.3 is 6.03 Å². The molecule has 2 aromatic rings. The Balaban J connectivity index is 1.56. The second kappa shape index (κ2) is 6.13. The second-order valence-corrected chi connectivity index (χ2v) is 5.39. The molecule has 1 aromatic heterocycles. The van der Waals surface area contributed by atoms with Crippen molar-refractivity contribution >= 4 is 23.3 Å². The van der Waals surface area contributed by atoms with Crippen LogP contribution in [0.2, 0.25) is 5.02 Å². The number of carbonyl (C=O) groups is 1. The summed E-state index contributed by atoms with van der Waals surface area (Å²) < 4.78 is 2.09. The van der Waals surface area contributed by atoms with Crippen molar-refractivity contribution in [2.45, 2.75) is 32.4 Å². The molecular formula is C14H16ClN5O. The minimum absolute atomic E-state index is 0.273. The first-order valence-electron chi connectivity index (χ1n) is 6.94. The Labute approximate surface area is 127 Å². The first kappa shape index (κ1) is 13.9. The number of fused-ring (bicyclic) bond motifs is 1. The van der Waals surface area contributed by atoms with Crippen molar-refractivity contribution in [1.29, 1.82) is 0 Å². The molecule has 0 fully saturated rings. The van der Waals surface area contributed by atoms with Gasteiger partial charge in [0.15, 0.2) is 5.82 Å². The molecule has 3 rings (SSSR count). The Morgan fingerprint density at radius 1 is 1.24 bits per heavy atom. The predicted molar refractivity (Wildman–Crippen MR) is 80.3 cm³/mol. The fraction of sp³-hybridized carbons (Fsp3) is 0.357. The lowest BCUT2D eigenvalue weighted by molar-refractivity contribution is 0.251. The molecule has 0 saturated heterocycles. The first-order valence-corrected chi connectivity index (χ1v) is 7.31. The van der Waals surface area contributed by atoms with Gasteiger partial charge in [-0.05, 0) is 37.1 Å². The van der Waals surface area contributed by atoms with Gasteiger partial charge in [0, 0.05) is 23.7 Å². The summed E-state index contributed by atoms with van der Waals surface area (Å²) in [4.78, 5) is 11.8. The smallest absolute Gasteiger partial charge is 0.319 e. The maximum absolute atomic E-state index is 11.8. The zero-order valence-corrected chi connectivity index (χ0v) is 12.2. The highest BCUT2D eigenvalue weighted by Crippen LogP contribution is 2.15. The van der Waals surface area contributed by atoms with Crippen LogP contribution in [0, 0.1) is 0 Å². The molecule has 1 aromatic carbocycles. The SMILES string of the molecule is O=C(NCc1nnc2n1CCCC2)Nc1ccc(Cl)cc1. The van der Waals surface area contributed by atoms with Crippen LogP contribution in [0.3, 0.4) is 0 Å². The van der Waals surface area contributed by atoms with Crippen molar-refractivity contribution < 1.29 is 4.79 Å². The van der Waals surface area contributed by atoms with E-state index in [-0.39, 0.29) is 6.03 Å². The molecule has 0 bridgehead atoms. The maximum atomic E-state index is 11.8. The fourth-order valence-electron chi connectivity index (χ4n) is 2.37. The van der Waals surface area contributed by atoms with Crippen molar-refractivity contribution in [2.75, 3.05) is 5.32 Å². The maximum Gasteiger partial charge on any atom is 0.319 e. The molecule has 2 amide bonds. The number of hydrogen-bond donors (Lipinski definition) is 2. The van der Waals surface area contributed by atoms with Gasteiger partial charge < -0.3 is 15.2 Å². The molecule has 7 heteroatoms. The highest BCUT2D eigenvalue weighted by molar-refractivity contribution is 6.30. The number of amides is 2. The van der Waals surface area contributed by atoms with E-state index in [0.29, 0.717) is 17.3 Å². The molecule has 0 unspecified atom stereocenters. The van der Waals surface area contributed by atoms with E-state index in [1.165, 1.54) is 0 Å². The van der Waals surface area contributed by atoms with Gasteiger partial charge in [-0.2, -0.15) is 0 Å². The van der Waals surface area contributed by atoms with Crippen LogP contribution in [0.15, 0.2) is 24.3 Å². The number of carbonyl (C=O) groups excluding carboxylic acids is 1. The Bertz CT molecular complexity index is 637. The van der Waals surface area contributed by atoms with E-state index in [0.717, 1.165) is 37.5 Å². The van der Waals surface area contributed by atoms with E-state index in [2.05, 4.69) is 25.4 Å². The highest BCUT2D eigenvalue weighted by atomic mass is 35.5. The molecule has 0 atom stereocenters. The van der Waals surface area contributed by atoms with Gasteiger partial charge in [-0.15, -0.1) is 10.2 Å². The summed E-state index contributed by atoms with van der Waals surface area (Å²) in [6, 6.07) is 6.69. The number of benzene rings is 1. The van der Waals surface area contributed by atoms with Crippen LogP contribution in [-0.4, -0.2) is 20.8 Å². The van der Waals surface area contributed by atoms with Gasteiger partial charge in [-0.1, -0.05) is 11.6 Å². The van der Waals surface area contributed by atoms with E-state index < -0.39 is 0 Å². The van der Waals surface area contributed by atoms with Crippen LogP contribution >= 0.6 is 11.6 Å². The monoisotopic (exact) mass is 305 g/mol. The summed E-state index contributed by atoms with van der Waals surface area (Å²) in [5, 5.41) is 14.5. The van der Waals surface area contributed by atoms with Crippen molar-refractivity contribution in [3.63, 3.8) is 0 Å². The number of nitrogens with one attached hydrogen (secondary N) is 2. The molecule has 21 heavy (non-hydrogen) atoms. The summed E-state index contributed by atoms with van der Waals surface area (Å²) in [5.41, 5.74) is 0.695. The van der Waals surface area contributed by atoms with Crippen molar-refractivity contribution in [1.82, 2.24) is 20.1 Å². The highest BCUT2D eigenvalue weighted by Gasteiger charge is 2.15. The molecule has 2 heterocycles. The van der Waals surface area contributed by atoms with Crippen molar-refractivity contribution in [3.8, 4) is 0 Å². The lowest BCUT2D eigenvalue weighted by Gasteiger charge is -2.15. The number of anilines is 1. The van der Waals surface area contributed by atoms with Crippen LogP contribution in [0.1, 0.15) is 24.5 Å². The third kappa shape index (κ3) is 3.33. The normalized spacial score (nSPS) is 13.6. The third-order valence-electron chi connectivity index (χ3n) is 3.45. The number of halogens is 1. The third-order valence-corrected chi connectivity index (χ3v) is 3.70. The van der Waals surface area contributed by atoms with Gasteiger partial charge in [-0.25, -0.2) is 4.79 Å². The van der Waals surface area contributed by atoms with Crippen LogP contribution in [-0.2, 0) is 19.5 Å². The largest absolute Gasteiger partial charge is 0.331 e. The average Bonchev–Trinajstić information content (AvgIpc) is 2.91. The van der Waals surface area contributed by atoms with Crippen molar-refractivity contribution in [2.24, 2.45) is 0 Å². The molecule has 2 N–H and O–H groups in total. The van der Waals surface area contributed by atoms with Gasteiger partial charge in [0.25, 0.3) is 0 Å². The number of urea groups is 1. The number of aryl methyl sites for hydroxylation is 1. The van der Waals surface area contributed by atoms with Gasteiger partial charge in [0.1, 0.15) is 5.82 Å². The molecule has 1 aliphatic rings. The second-order valence-electron chi connectivity index (χ2n) is 4.96. The van der Waals surface area contributed by atoms with Crippen LogP contribution in [0.25, 0.3) is 0 Å². The standard InChI is InChI=1S/C14H16ClN5O/c15-10-4-6-11(7-5-10)17-14(21)16-9-13-19-18-12-3-1-2-8-20(12)13/h4-7H,1-3,8-9H2,(H2,16,17,21). The summed E-state index contributed by atoms with van der Waals surface area (Å²) in [6.07, 6.45) is 3.25. The number of rotatable bonds is 3. The predicted octanol–water partition coefficient (Wildman–Crippen LogP) is 2.59. The average molecular weight is 306 g/mol. The van der Waals surface area contributed by atoms with E-state index in [1.807, 2.05) is 0 Å². The Morgan fingerprint density at radius 3 is 2.86 bits per heavy atom. The zero-order valence-electron chi connectivity index (χ0n) is 11.5. The molecule has 0 saturated carbocycles. The quantitative estimate of drug-likeness (QED) is 0.915. The van der Waals surface area contributed by atoms with Gasteiger partial charge in [0.2, 0.25) is 0 Å². The summed E-state index contributed by atoms with van der Waals surface area (Å²) in [5.74, 6) is 1.81. The molecule has 1 aliphatic heterocycles.